The van der Waals surface area contributed by atoms with Gasteiger partial charge >= 0.3 is 0 Å². The molecule has 0 radical (unpaired) electrons. The van der Waals surface area contributed by atoms with Gasteiger partial charge in [-0.15, -0.1) is 0 Å². The lowest BCUT2D eigenvalue weighted by molar-refractivity contribution is -0.335. The highest BCUT2D eigenvalue weighted by Gasteiger charge is 2.87. The van der Waals surface area contributed by atoms with Gasteiger partial charge in [0.05, 0.1) is 81.0 Å². The maximum atomic E-state index is 14.4. The third kappa shape index (κ3) is 6.24. The van der Waals surface area contributed by atoms with Crippen LogP contribution in [0, 0.1) is 11.8 Å². The van der Waals surface area contributed by atoms with Crippen molar-refractivity contribution in [1.29, 1.82) is 0 Å². The number of hydrazone groups is 2. The number of phenols is 8. The lowest BCUT2D eigenvalue weighted by atomic mass is 9.57. The largest absolute Gasteiger partial charge is 0.507 e. The molecule has 24 heteroatoms. The average Bonchev–Trinajstić information content (AvgIpc) is 1.58. The van der Waals surface area contributed by atoms with Crippen LogP contribution in [-0.4, -0.2) is 195 Å². The van der Waals surface area contributed by atoms with Gasteiger partial charge in [-0.1, -0.05) is 13.8 Å². The third-order valence-electron chi connectivity index (χ3n) is 18.3. The molecule has 16 unspecified atom stereocenters. The summed E-state index contributed by atoms with van der Waals surface area (Å²) < 4.78 is 42.2. The van der Waals surface area contributed by atoms with Gasteiger partial charge in [0, 0.05) is 46.3 Å². The molecular formula is C54H64N6O18. The smallest absolute Gasteiger partial charge is 0.200 e. The van der Waals surface area contributed by atoms with Crippen molar-refractivity contribution in [1.82, 2.24) is 9.80 Å². The van der Waals surface area contributed by atoms with Crippen molar-refractivity contribution >= 4 is 44.1 Å². The first-order valence-corrected chi connectivity index (χ1v) is 25.9. The van der Waals surface area contributed by atoms with E-state index in [1.807, 2.05) is 0 Å². The molecule has 418 valence electrons. The van der Waals surface area contributed by atoms with Gasteiger partial charge in [-0.05, 0) is 79.1 Å². The number of likely N-dealkylation sites (N-methyl/N-ethyl adjacent to an activating group) is 2. The maximum absolute atomic E-state index is 14.4. The molecule has 4 fully saturated rings. The van der Waals surface area contributed by atoms with E-state index < -0.39 is 163 Å². The lowest BCUT2D eigenvalue weighted by Crippen LogP contribution is -2.64. The van der Waals surface area contributed by atoms with E-state index in [1.54, 1.807) is 65.7 Å². The summed E-state index contributed by atoms with van der Waals surface area (Å²) in [6, 6.07) is 3.36. The monoisotopic (exact) mass is 1080 g/mol. The van der Waals surface area contributed by atoms with Crippen LogP contribution in [0.15, 0.2) is 45.6 Å². The van der Waals surface area contributed by atoms with Gasteiger partial charge in [0.15, 0.2) is 12.6 Å². The van der Waals surface area contributed by atoms with Gasteiger partial charge in [0.1, 0.15) is 80.8 Å². The number of phenolic OH excluding ortho intramolecular Hbond substituents is 8. The van der Waals surface area contributed by atoms with Gasteiger partial charge in [-0.25, -0.2) is 0 Å². The first-order chi connectivity index (χ1) is 36.8. The molecule has 4 heterocycles. The van der Waals surface area contributed by atoms with E-state index in [2.05, 4.69) is 10.2 Å². The summed E-state index contributed by atoms with van der Waals surface area (Å²) in [4.78, 5) is 3.60. The molecule has 4 aromatic carbocycles. The second kappa shape index (κ2) is 17.1. The Kier molecular flexibility index (Phi) is 11.5. The summed E-state index contributed by atoms with van der Waals surface area (Å²) in [6.07, 6.45) is -10.1. The Labute approximate surface area is 445 Å². The Morgan fingerprint density at radius 3 is 1.13 bits per heavy atom. The van der Waals surface area contributed by atoms with Gasteiger partial charge in [0.25, 0.3) is 0 Å². The van der Waals surface area contributed by atoms with Crippen LogP contribution in [0.4, 0.5) is 0 Å². The molecule has 12 rings (SSSR count). The Balaban J connectivity index is 1.18. The molecule has 16 N–H and O–H groups in total. The number of ether oxygens (including phenoxy) is 6. The summed E-state index contributed by atoms with van der Waals surface area (Å²) in [5.74, 6) is -1.52. The normalized spacial score (nSPS) is 38.5. The molecule has 4 aliphatic carbocycles. The SMILES string of the molecule is CCC12OC3(O)C4=C(C(=NN)c5c4c(O)c4c(O)ccc(O)c4c5O)C(OC4CC(O)C(N(C)C)C(C)O4)C4(CC)OC(O)(C5=C(C(=NN)c6c5c(O)c5c(O)ccc(O)c5c6O)C1OC1CC(O)C(N(C)C)C(C)O1)C2C34. The second-order valence-corrected chi connectivity index (χ2v) is 22.4. The Morgan fingerprint density at radius 2 is 0.859 bits per heavy atom. The van der Waals surface area contributed by atoms with Gasteiger partial charge in [-0.3, -0.25) is 0 Å². The van der Waals surface area contributed by atoms with Crippen molar-refractivity contribution in [2.75, 3.05) is 28.2 Å². The van der Waals surface area contributed by atoms with E-state index in [0.717, 1.165) is 24.3 Å². The molecule has 0 saturated carbocycles. The van der Waals surface area contributed by atoms with E-state index in [1.165, 1.54) is 0 Å². The molecule has 8 aliphatic rings. The molecule has 4 aromatic rings. The molecule has 24 nitrogen and oxygen atoms in total. The van der Waals surface area contributed by atoms with Gasteiger partial charge < -0.3 is 111 Å². The fourth-order valence-electron chi connectivity index (χ4n) is 15.6. The summed E-state index contributed by atoms with van der Waals surface area (Å²) in [6.45, 7) is 6.83. The van der Waals surface area contributed by atoms with Crippen LogP contribution < -0.4 is 11.7 Å². The minimum Gasteiger partial charge on any atom is -0.507 e. The van der Waals surface area contributed by atoms with Crippen molar-refractivity contribution in [2.45, 2.75) is 137 Å². The number of fused-ring (bicyclic) bond motifs is 8. The fraction of sp³-hybridized carbons (Fsp3) is 0.519. The van der Waals surface area contributed by atoms with E-state index in [4.69, 9.17) is 40.1 Å². The highest BCUT2D eigenvalue weighted by molar-refractivity contribution is 6.32. The number of hydrogen-bond acceptors (Lipinski definition) is 24. The lowest BCUT2D eigenvalue weighted by Gasteiger charge is -2.53. The molecule has 0 amide bonds. The fourth-order valence-corrected chi connectivity index (χ4v) is 15.6. The number of hydrogen-bond donors (Lipinski definition) is 14. The van der Waals surface area contributed by atoms with Crippen LogP contribution in [0.1, 0.15) is 75.6 Å². The predicted molar refractivity (Wildman–Crippen MR) is 276 cm³/mol. The molecule has 4 saturated heterocycles. The van der Waals surface area contributed by atoms with Crippen LogP contribution in [-0.2, 0) is 28.4 Å². The maximum Gasteiger partial charge on any atom is 0.200 e. The molecule has 0 spiro atoms. The zero-order valence-corrected chi connectivity index (χ0v) is 43.8. The number of aliphatic hydroxyl groups is 4. The van der Waals surface area contributed by atoms with Crippen LogP contribution in [0.3, 0.4) is 0 Å². The predicted octanol–water partition coefficient (Wildman–Crippen LogP) is 1.82. The third-order valence-corrected chi connectivity index (χ3v) is 18.3. The minimum atomic E-state index is -2.85. The first-order valence-electron chi connectivity index (χ1n) is 25.9. The van der Waals surface area contributed by atoms with Crippen LogP contribution in [0.25, 0.3) is 32.7 Å². The Bertz CT molecular complexity index is 3180. The molecule has 0 aromatic heterocycles. The number of rotatable bonds is 8. The van der Waals surface area contributed by atoms with E-state index in [9.17, 15) is 61.3 Å². The quantitative estimate of drug-likeness (QED) is 0.0680. The standard InChI is InChI=1S/C54H64N6O18/c1-9-51-47-48-52(10-2,50(76-26-16-24(66)42(60(7)8)18(4)74-26)36-38(54(48,72)77-51)32-34(40(36)58-56)46(70)30-22(64)14-12-20(62)28(30)44(32)68)78-53(47,71)37-31-33(45(69)29-21(63)13-11-19(61)27(29)43(31)67)39(57-55)35(37)49(51)75-25-15-23(65)41(59(5)6)17(3)73-25/h11-14,17-18,23-26,41-42,47-50,61-72H,9-10,15-16,55-56H2,1-8H3. The molecular weight excluding hydrogens is 1020 g/mol. The van der Waals surface area contributed by atoms with Gasteiger partial charge in [-0.2, -0.15) is 10.2 Å². The van der Waals surface area contributed by atoms with Crippen LogP contribution in [0.2, 0.25) is 0 Å². The highest BCUT2D eigenvalue weighted by atomic mass is 16.7. The van der Waals surface area contributed by atoms with Crippen molar-refractivity contribution in [2.24, 2.45) is 33.7 Å². The van der Waals surface area contributed by atoms with E-state index in [-0.39, 0.29) is 81.7 Å². The number of aromatic hydroxyl groups is 8. The second-order valence-electron chi connectivity index (χ2n) is 22.4. The highest BCUT2D eigenvalue weighted by Crippen LogP contribution is 2.78. The van der Waals surface area contributed by atoms with Crippen molar-refractivity contribution in [3.8, 4) is 46.0 Å². The Hall–Kier alpha value is -6.26. The summed E-state index contributed by atoms with van der Waals surface area (Å²) >= 11 is 0. The number of aliphatic hydroxyl groups excluding tert-OH is 2. The topological polar surface area (TPSA) is 381 Å². The molecule has 4 aliphatic heterocycles. The van der Waals surface area contributed by atoms with Crippen molar-refractivity contribution in [3.05, 3.63) is 57.7 Å². The summed E-state index contributed by atoms with van der Waals surface area (Å²) in [7, 11) is 7.12. The zero-order chi connectivity index (χ0) is 56.1. The van der Waals surface area contributed by atoms with E-state index >= 15 is 0 Å². The van der Waals surface area contributed by atoms with E-state index in [0.29, 0.717) is 0 Å². The van der Waals surface area contributed by atoms with Crippen LogP contribution in [0.5, 0.6) is 46.0 Å². The number of nitrogens with two attached hydrogens (primary N) is 2. The summed E-state index contributed by atoms with van der Waals surface area (Å²) in [5, 5.41) is 154. The minimum absolute atomic E-state index is 0.153. The zero-order valence-electron chi connectivity index (χ0n) is 43.8. The van der Waals surface area contributed by atoms with Crippen LogP contribution >= 0.6 is 0 Å². The molecule has 78 heavy (non-hydrogen) atoms. The Morgan fingerprint density at radius 1 is 0.551 bits per heavy atom. The van der Waals surface area contributed by atoms with Crippen molar-refractivity contribution < 1.29 is 89.7 Å². The number of nitrogens with zero attached hydrogens (tertiary/aromatic N) is 4. The first kappa shape index (κ1) is 52.4. The summed E-state index contributed by atoms with van der Waals surface area (Å²) in [5.41, 5.74) is -7.25. The average molecular weight is 1090 g/mol. The van der Waals surface area contributed by atoms with Gasteiger partial charge in [0.2, 0.25) is 11.6 Å². The number of benzene rings is 4. The molecule has 16 atom stereocenters. The molecule has 0 bridgehead atoms. The van der Waals surface area contributed by atoms with Crippen molar-refractivity contribution in [3.63, 3.8) is 0 Å².